The summed E-state index contributed by atoms with van der Waals surface area (Å²) in [5.74, 6) is -0.812. The minimum atomic E-state index is -0.386. The number of rotatable bonds is 3. The number of amides is 2. The van der Waals surface area contributed by atoms with Crippen LogP contribution in [-0.4, -0.2) is 24.3 Å². The molecule has 154 valence electrons. The summed E-state index contributed by atoms with van der Waals surface area (Å²) in [6, 6.07) is 19.9. The molecule has 31 heavy (non-hydrogen) atoms. The fraction of sp³-hybridized carbons (Fsp3) is 0.160. The molecule has 0 saturated carbocycles. The minimum Gasteiger partial charge on any atom is -0.454 e. The average Bonchev–Trinajstić information content (AvgIpc) is 2.80. The lowest BCUT2D eigenvalue weighted by molar-refractivity contribution is 0.0252. The highest BCUT2D eigenvalue weighted by molar-refractivity contribution is 6.06. The zero-order valence-corrected chi connectivity index (χ0v) is 16.7. The topological polar surface area (TPSA) is 84.5 Å². The van der Waals surface area contributed by atoms with E-state index in [0.29, 0.717) is 35.3 Å². The largest absolute Gasteiger partial charge is 0.454 e. The lowest BCUT2D eigenvalue weighted by Crippen LogP contribution is -2.31. The first-order chi connectivity index (χ1) is 15.1. The molecule has 0 radical (unpaired) electrons. The van der Waals surface area contributed by atoms with Crippen molar-refractivity contribution in [2.75, 3.05) is 11.9 Å². The van der Waals surface area contributed by atoms with E-state index >= 15 is 0 Å². The molecule has 2 heterocycles. The van der Waals surface area contributed by atoms with Crippen LogP contribution in [0.1, 0.15) is 53.9 Å². The molecule has 0 aliphatic carbocycles. The van der Waals surface area contributed by atoms with Crippen LogP contribution in [0.5, 0.6) is 0 Å². The number of esters is 1. The van der Waals surface area contributed by atoms with Gasteiger partial charge >= 0.3 is 5.97 Å². The Morgan fingerprint density at radius 1 is 0.935 bits per heavy atom. The average molecular weight is 412 g/mol. The van der Waals surface area contributed by atoms with Gasteiger partial charge in [-0.3, -0.25) is 9.59 Å². The summed E-state index contributed by atoms with van der Waals surface area (Å²) in [6.45, 7) is 0.624. The van der Waals surface area contributed by atoms with Gasteiger partial charge in [-0.25, -0.2) is 4.79 Å². The summed E-state index contributed by atoms with van der Waals surface area (Å²) in [6.07, 6.45) is 0.906. The maximum Gasteiger partial charge on any atom is 0.339 e. The van der Waals surface area contributed by atoms with Crippen molar-refractivity contribution in [3.63, 3.8) is 0 Å². The second-order valence-electron chi connectivity index (χ2n) is 7.71. The summed E-state index contributed by atoms with van der Waals surface area (Å²) in [5, 5.41) is 5.67. The zero-order chi connectivity index (χ0) is 21.4. The van der Waals surface area contributed by atoms with Crippen LogP contribution in [0.4, 0.5) is 5.69 Å². The number of hydrogen-bond donors (Lipinski definition) is 2. The molecule has 2 aliphatic heterocycles. The molecule has 0 bridgehead atoms. The molecule has 0 aromatic heterocycles. The molecule has 3 aromatic carbocycles. The number of ether oxygens (including phenoxy) is 1. The van der Waals surface area contributed by atoms with Crippen LogP contribution in [0, 0.1) is 0 Å². The minimum absolute atomic E-state index is 0.128. The van der Waals surface area contributed by atoms with E-state index in [4.69, 9.17) is 4.74 Å². The monoisotopic (exact) mass is 412 g/mol. The zero-order valence-electron chi connectivity index (χ0n) is 16.7. The number of carbonyl (C=O) groups excluding carboxylic acids is 3. The summed E-state index contributed by atoms with van der Waals surface area (Å²) < 4.78 is 5.58. The summed E-state index contributed by atoms with van der Waals surface area (Å²) in [4.78, 5) is 37.4. The van der Waals surface area contributed by atoms with Crippen molar-refractivity contribution < 1.29 is 19.1 Å². The molecule has 6 heteroatoms. The Bertz CT molecular complexity index is 1200. The molecule has 0 spiro atoms. The van der Waals surface area contributed by atoms with Crippen molar-refractivity contribution >= 4 is 23.5 Å². The molecule has 0 fully saturated rings. The number of benzene rings is 3. The van der Waals surface area contributed by atoms with E-state index in [1.54, 1.807) is 30.3 Å². The maximum absolute atomic E-state index is 12.9. The highest BCUT2D eigenvalue weighted by atomic mass is 16.5. The Balaban J connectivity index is 1.38. The van der Waals surface area contributed by atoms with E-state index in [0.717, 1.165) is 23.1 Å². The Morgan fingerprint density at radius 3 is 2.61 bits per heavy atom. The van der Waals surface area contributed by atoms with Gasteiger partial charge in [-0.15, -0.1) is 0 Å². The van der Waals surface area contributed by atoms with E-state index in [9.17, 15) is 14.4 Å². The summed E-state index contributed by atoms with van der Waals surface area (Å²) in [7, 11) is 0. The second kappa shape index (κ2) is 7.72. The first-order valence-corrected chi connectivity index (χ1v) is 10.2. The number of nitrogens with one attached hydrogen (secondary N) is 2. The maximum atomic E-state index is 12.9. The van der Waals surface area contributed by atoms with Crippen molar-refractivity contribution in [3.8, 4) is 0 Å². The highest BCUT2D eigenvalue weighted by Gasteiger charge is 2.28. The predicted octanol–water partition coefficient (Wildman–Crippen LogP) is 3.68. The highest BCUT2D eigenvalue weighted by Crippen LogP contribution is 2.31. The third-order valence-corrected chi connectivity index (χ3v) is 5.71. The van der Waals surface area contributed by atoms with Gasteiger partial charge < -0.3 is 15.4 Å². The molecule has 2 amide bonds. The van der Waals surface area contributed by atoms with Crippen LogP contribution in [0.25, 0.3) is 0 Å². The number of fused-ring (bicyclic) bond motifs is 2. The normalized spacial score (nSPS) is 17.1. The van der Waals surface area contributed by atoms with Crippen molar-refractivity contribution in [2.45, 2.75) is 18.9 Å². The smallest absolute Gasteiger partial charge is 0.339 e. The van der Waals surface area contributed by atoms with E-state index in [1.807, 2.05) is 36.4 Å². The first kappa shape index (κ1) is 19.1. The third kappa shape index (κ3) is 3.68. The second-order valence-corrected chi connectivity index (χ2v) is 7.71. The molecule has 2 N–H and O–H groups in total. The quantitative estimate of drug-likeness (QED) is 0.643. The Kier molecular flexibility index (Phi) is 4.75. The lowest BCUT2D eigenvalue weighted by atomic mass is 9.93. The van der Waals surface area contributed by atoms with Crippen LogP contribution in [0.3, 0.4) is 0 Å². The van der Waals surface area contributed by atoms with Crippen molar-refractivity contribution in [1.82, 2.24) is 5.32 Å². The van der Waals surface area contributed by atoms with Gasteiger partial charge in [0.1, 0.15) is 6.10 Å². The molecular weight excluding hydrogens is 392 g/mol. The van der Waals surface area contributed by atoms with Crippen molar-refractivity contribution in [3.05, 3.63) is 100 Å². The fourth-order valence-corrected chi connectivity index (χ4v) is 4.08. The van der Waals surface area contributed by atoms with Crippen LogP contribution < -0.4 is 10.6 Å². The molecule has 3 aromatic rings. The Morgan fingerprint density at radius 2 is 1.77 bits per heavy atom. The van der Waals surface area contributed by atoms with Gasteiger partial charge in [0, 0.05) is 29.8 Å². The Hall–Kier alpha value is -3.93. The number of carbonyl (C=O) groups is 3. The van der Waals surface area contributed by atoms with Crippen LogP contribution in [0.15, 0.2) is 66.7 Å². The van der Waals surface area contributed by atoms with E-state index < -0.39 is 0 Å². The molecule has 0 saturated heterocycles. The molecule has 5 rings (SSSR count). The molecule has 6 nitrogen and oxygen atoms in total. The van der Waals surface area contributed by atoms with Gasteiger partial charge in [-0.2, -0.15) is 0 Å². The first-order valence-electron chi connectivity index (χ1n) is 10.2. The van der Waals surface area contributed by atoms with Gasteiger partial charge in [0.2, 0.25) is 0 Å². The van der Waals surface area contributed by atoms with Gasteiger partial charge in [-0.05, 0) is 53.4 Å². The van der Waals surface area contributed by atoms with E-state index in [-0.39, 0.29) is 23.9 Å². The molecule has 1 atom stereocenters. The number of anilines is 1. The van der Waals surface area contributed by atoms with Crippen molar-refractivity contribution in [2.24, 2.45) is 0 Å². The van der Waals surface area contributed by atoms with Gasteiger partial charge in [0.15, 0.2) is 0 Å². The molecular formula is C25H20N2O4. The molecule has 2 aliphatic rings. The molecule has 1 unspecified atom stereocenters. The summed E-state index contributed by atoms with van der Waals surface area (Å²) in [5.41, 5.74) is 4.74. The van der Waals surface area contributed by atoms with Crippen LogP contribution >= 0.6 is 0 Å². The van der Waals surface area contributed by atoms with Crippen molar-refractivity contribution in [1.29, 1.82) is 0 Å². The van der Waals surface area contributed by atoms with Crippen LogP contribution in [0.2, 0.25) is 0 Å². The lowest BCUT2D eigenvalue weighted by Gasteiger charge is -2.25. The third-order valence-electron chi connectivity index (χ3n) is 5.71. The van der Waals surface area contributed by atoms with E-state index in [2.05, 4.69) is 10.6 Å². The summed E-state index contributed by atoms with van der Waals surface area (Å²) >= 11 is 0. The van der Waals surface area contributed by atoms with Gasteiger partial charge in [-0.1, -0.05) is 36.4 Å². The van der Waals surface area contributed by atoms with Gasteiger partial charge in [0.05, 0.1) is 5.56 Å². The predicted molar refractivity (Wildman–Crippen MR) is 115 cm³/mol. The van der Waals surface area contributed by atoms with Crippen LogP contribution in [-0.2, 0) is 17.6 Å². The Labute approximate surface area is 179 Å². The SMILES string of the molecule is O=C(Nc1ccc2c(c1)C(=O)NCC2)c1ccc2c(c1)CC(c1ccccc1)OC2=O. The van der Waals surface area contributed by atoms with E-state index in [1.165, 1.54) is 0 Å². The van der Waals surface area contributed by atoms with Gasteiger partial charge in [0.25, 0.3) is 11.8 Å². The standard InChI is InChI=1S/C25H20N2O4/c28-23(27-19-8-6-15-10-11-26-24(29)21(15)14-19)17-7-9-20-18(12-17)13-22(31-25(20)30)16-4-2-1-3-5-16/h1-9,12,14,22H,10-11,13H2,(H,26,29)(H,27,28). The fourth-order valence-electron chi connectivity index (χ4n) is 4.08. The number of hydrogen-bond acceptors (Lipinski definition) is 4. The number of cyclic esters (lactones) is 1.